The molecule has 2 rings (SSSR count). The molecule has 0 saturated carbocycles. The molecule has 8 heteroatoms. The maximum absolute atomic E-state index is 12.0. The van der Waals surface area contributed by atoms with Crippen LogP contribution in [0.3, 0.4) is 0 Å². The van der Waals surface area contributed by atoms with Crippen molar-refractivity contribution in [1.82, 2.24) is 16.2 Å². The number of carbonyl (C=O) groups excluding carboxylic acids is 2. The smallest absolute Gasteiger partial charge is 0.276 e. The number of amides is 2. The number of ether oxygens (including phenoxy) is 1. The summed E-state index contributed by atoms with van der Waals surface area (Å²) in [4.78, 5) is 23.9. The number of rotatable bonds is 7. The van der Waals surface area contributed by atoms with Gasteiger partial charge in [-0.25, -0.2) is 0 Å². The summed E-state index contributed by atoms with van der Waals surface area (Å²) in [5, 5.41) is 3.13. The normalized spacial score (nSPS) is 10.3. The van der Waals surface area contributed by atoms with E-state index in [4.69, 9.17) is 28.6 Å². The van der Waals surface area contributed by atoms with E-state index < -0.39 is 5.91 Å². The van der Waals surface area contributed by atoms with E-state index in [0.717, 1.165) is 11.1 Å². The maximum atomic E-state index is 12.0. The van der Waals surface area contributed by atoms with Crippen LogP contribution < -0.4 is 20.9 Å². The third-order valence-corrected chi connectivity index (χ3v) is 4.62. The Morgan fingerprint density at radius 2 is 1.72 bits per heavy atom. The molecule has 0 aliphatic carbocycles. The fourth-order valence-corrected chi connectivity index (χ4v) is 2.96. The monoisotopic (exact) mass is 433 g/mol. The summed E-state index contributed by atoms with van der Waals surface area (Å²) in [5.74, 6) is 0.240. The number of hydrogen-bond acceptors (Lipinski definition) is 4. The lowest BCUT2D eigenvalue weighted by Gasteiger charge is -2.14. The Labute approximate surface area is 180 Å². The summed E-state index contributed by atoms with van der Waals surface area (Å²) < 4.78 is 5.58. The van der Waals surface area contributed by atoms with Crippen LogP contribution in [-0.2, 0) is 16.0 Å². The number of carbonyl (C=O) groups is 2. The Morgan fingerprint density at radius 3 is 2.45 bits per heavy atom. The van der Waals surface area contributed by atoms with Crippen molar-refractivity contribution in [2.75, 3.05) is 6.61 Å². The molecule has 29 heavy (non-hydrogen) atoms. The van der Waals surface area contributed by atoms with Crippen molar-refractivity contribution < 1.29 is 14.3 Å². The molecule has 0 aliphatic rings. The number of halogens is 1. The van der Waals surface area contributed by atoms with Crippen LogP contribution in [0, 0.1) is 0 Å². The van der Waals surface area contributed by atoms with Crippen LogP contribution in [-0.4, -0.2) is 23.5 Å². The van der Waals surface area contributed by atoms with Crippen molar-refractivity contribution in [1.29, 1.82) is 0 Å². The minimum atomic E-state index is -0.420. The number of para-hydroxylation sites is 1. The van der Waals surface area contributed by atoms with Gasteiger partial charge in [0.1, 0.15) is 5.75 Å². The Kier molecular flexibility index (Phi) is 8.89. The topological polar surface area (TPSA) is 79.5 Å². The Bertz CT molecular complexity index is 874. The van der Waals surface area contributed by atoms with Crippen molar-refractivity contribution in [3.05, 3.63) is 64.7 Å². The van der Waals surface area contributed by atoms with Crippen LogP contribution in [0.15, 0.2) is 48.5 Å². The molecule has 0 saturated heterocycles. The Balaban J connectivity index is 1.70. The van der Waals surface area contributed by atoms with Crippen molar-refractivity contribution >= 4 is 40.7 Å². The highest BCUT2D eigenvalue weighted by molar-refractivity contribution is 7.80. The first-order valence-corrected chi connectivity index (χ1v) is 9.99. The first-order valence-electron chi connectivity index (χ1n) is 9.20. The highest BCUT2D eigenvalue weighted by Crippen LogP contribution is 2.25. The van der Waals surface area contributed by atoms with Gasteiger partial charge < -0.3 is 10.1 Å². The number of aryl methyl sites for hydroxylation is 1. The molecule has 0 atom stereocenters. The van der Waals surface area contributed by atoms with Crippen molar-refractivity contribution in [3.8, 4) is 5.75 Å². The van der Waals surface area contributed by atoms with Crippen LogP contribution in [0.4, 0.5) is 0 Å². The van der Waals surface area contributed by atoms with Gasteiger partial charge in [0.05, 0.1) is 0 Å². The Hall–Kier alpha value is -2.64. The summed E-state index contributed by atoms with van der Waals surface area (Å²) in [6.07, 6.45) is 0.707. The first-order chi connectivity index (χ1) is 13.9. The second-order valence-electron chi connectivity index (χ2n) is 6.62. The summed E-state index contributed by atoms with van der Waals surface area (Å²) in [6.45, 7) is 3.92. The molecule has 6 nitrogen and oxygen atoms in total. The minimum Gasteiger partial charge on any atom is -0.483 e. The van der Waals surface area contributed by atoms with Crippen LogP contribution in [0.2, 0.25) is 5.02 Å². The molecule has 0 fully saturated rings. The summed E-state index contributed by atoms with van der Waals surface area (Å²) in [6, 6.07) is 14.9. The second-order valence-corrected chi connectivity index (χ2v) is 7.44. The largest absolute Gasteiger partial charge is 0.483 e. The minimum absolute atomic E-state index is 0.00471. The van der Waals surface area contributed by atoms with E-state index in [2.05, 4.69) is 30.0 Å². The van der Waals surface area contributed by atoms with Gasteiger partial charge in [0, 0.05) is 11.4 Å². The fraction of sp³-hybridized carbons (Fsp3) is 0.286. The quantitative estimate of drug-likeness (QED) is 0.460. The second kappa shape index (κ2) is 11.4. The average Bonchev–Trinajstić information content (AvgIpc) is 2.70. The third-order valence-electron chi connectivity index (χ3n) is 4.05. The van der Waals surface area contributed by atoms with E-state index in [0.29, 0.717) is 17.2 Å². The molecule has 2 aromatic carbocycles. The van der Waals surface area contributed by atoms with E-state index in [1.54, 1.807) is 6.07 Å². The number of thiocarbonyl (C=S) groups is 1. The predicted molar refractivity (Wildman–Crippen MR) is 118 cm³/mol. The molecular weight excluding hydrogens is 410 g/mol. The molecule has 0 radical (unpaired) electrons. The van der Waals surface area contributed by atoms with Crippen molar-refractivity contribution in [2.45, 2.75) is 32.6 Å². The standard InChI is InChI=1S/C21H24ClN3O3S/c1-14(2)16-8-4-6-10-18(16)28-13-20(27)24-25-21(29)23-19(26)12-11-15-7-3-5-9-17(15)22/h3-10,14H,11-13H2,1-2H3,(H,24,27)(H2,23,25,26,29). The molecule has 0 spiro atoms. The maximum Gasteiger partial charge on any atom is 0.276 e. The lowest BCUT2D eigenvalue weighted by molar-refractivity contribution is -0.124. The molecular formula is C21H24ClN3O3S. The van der Waals surface area contributed by atoms with Crippen LogP contribution in [0.25, 0.3) is 0 Å². The van der Waals surface area contributed by atoms with E-state index >= 15 is 0 Å². The van der Waals surface area contributed by atoms with E-state index in [1.807, 2.05) is 42.5 Å². The van der Waals surface area contributed by atoms with Crippen LogP contribution in [0.1, 0.15) is 37.3 Å². The molecule has 2 amide bonds. The van der Waals surface area contributed by atoms with Crippen LogP contribution in [0.5, 0.6) is 5.75 Å². The summed E-state index contributed by atoms with van der Waals surface area (Å²) >= 11 is 11.1. The molecule has 0 heterocycles. The van der Waals surface area contributed by atoms with Gasteiger partial charge in [-0.2, -0.15) is 0 Å². The van der Waals surface area contributed by atoms with Crippen molar-refractivity contribution in [3.63, 3.8) is 0 Å². The number of benzene rings is 2. The van der Waals surface area contributed by atoms with Gasteiger partial charge in [-0.3, -0.25) is 20.4 Å². The fourth-order valence-electron chi connectivity index (χ4n) is 2.56. The van der Waals surface area contributed by atoms with Gasteiger partial charge in [0.2, 0.25) is 5.91 Å². The molecule has 0 aliphatic heterocycles. The van der Waals surface area contributed by atoms with Crippen LogP contribution >= 0.6 is 23.8 Å². The lowest BCUT2D eigenvalue weighted by atomic mass is 10.0. The zero-order chi connectivity index (χ0) is 21.2. The third kappa shape index (κ3) is 7.71. The van der Waals surface area contributed by atoms with Gasteiger partial charge in [0.15, 0.2) is 11.7 Å². The first kappa shape index (κ1) is 22.6. The molecule has 154 valence electrons. The predicted octanol–water partition coefficient (Wildman–Crippen LogP) is 3.50. The van der Waals surface area contributed by atoms with E-state index in [-0.39, 0.29) is 30.0 Å². The number of hydrogen-bond donors (Lipinski definition) is 3. The SMILES string of the molecule is CC(C)c1ccccc1OCC(=O)NNC(=S)NC(=O)CCc1ccccc1Cl. The molecule has 0 bridgehead atoms. The zero-order valence-corrected chi connectivity index (χ0v) is 17.9. The summed E-state index contributed by atoms with van der Waals surface area (Å²) in [5.41, 5.74) is 6.80. The highest BCUT2D eigenvalue weighted by Gasteiger charge is 2.10. The molecule has 0 aromatic heterocycles. The lowest BCUT2D eigenvalue weighted by Crippen LogP contribution is -2.49. The van der Waals surface area contributed by atoms with Gasteiger partial charge in [0.25, 0.3) is 5.91 Å². The molecule has 3 N–H and O–H groups in total. The van der Waals surface area contributed by atoms with Gasteiger partial charge >= 0.3 is 0 Å². The summed E-state index contributed by atoms with van der Waals surface area (Å²) in [7, 11) is 0. The van der Waals surface area contributed by atoms with Crippen molar-refractivity contribution in [2.24, 2.45) is 0 Å². The zero-order valence-electron chi connectivity index (χ0n) is 16.3. The number of nitrogens with one attached hydrogen (secondary N) is 3. The van der Waals surface area contributed by atoms with E-state index in [1.165, 1.54) is 0 Å². The Morgan fingerprint density at radius 1 is 1.03 bits per heavy atom. The van der Waals surface area contributed by atoms with Gasteiger partial charge in [-0.1, -0.05) is 61.8 Å². The van der Waals surface area contributed by atoms with Gasteiger partial charge in [-0.05, 0) is 47.8 Å². The number of hydrazine groups is 1. The average molecular weight is 434 g/mol. The van der Waals surface area contributed by atoms with Gasteiger partial charge in [-0.15, -0.1) is 0 Å². The molecule has 2 aromatic rings. The van der Waals surface area contributed by atoms with E-state index in [9.17, 15) is 9.59 Å². The highest BCUT2D eigenvalue weighted by atomic mass is 35.5. The molecule has 0 unspecified atom stereocenters.